The van der Waals surface area contributed by atoms with Crippen LogP contribution >= 0.6 is 11.3 Å². The number of carbonyl (C=O) groups excluding carboxylic acids is 1. The van der Waals surface area contributed by atoms with Crippen molar-refractivity contribution in [2.24, 2.45) is 11.7 Å². The van der Waals surface area contributed by atoms with Gasteiger partial charge in [-0.25, -0.2) is 4.98 Å². The minimum atomic E-state index is 0.160. The number of fused-ring (bicyclic) bond motifs is 1. The molecule has 2 aromatic heterocycles. The molecule has 7 heteroatoms. The normalized spacial score (nSPS) is 21.8. The molecule has 1 saturated carbocycles. The fraction of sp³-hybridized carbons (Fsp3) is 0.515. The van der Waals surface area contributed by atoms with Gasteiger partial charge in [-0.3, -0.25) is 9.69 Å². The number of aromatic nitrogens is 1. The highest BCUT2D eigenvalue weighted by Gasteiger charge is 2.34. The van der Waals surface area contributed by atoms with E-state index in [9.17, 15) is 4.79 Å². The SMILES string of the molecule is Cc1cc(C)c(CN2CCc3sc(CC4CCC(N5CC(N)C5)CC4)c(C)c3C2=O)c(OCc2ccccc2)n1. The highest BCUT2D eigenvalue weighted by atomic mass is 32.1. The van der Waals surface area contributed by atoms with Crippen LogP contribution in [-0.2, 0) is 26.0 Å². The van der Waals surface area contributed by atoms with Crippen LogP contribution in [0.15, 0.2) is 36.4 Å². The third kappa shape index (κ3) is 5.69. The van der Waals surface area contributed by atoms with E-state index in [2.05, 4.69) is 36.9 Å². The summed E-state index contributed by atoms with van der Waals surface area (Å²) in [5, 5.41) is 0. The van der Waals surface area contributed by atoms with Crippen molar-refractivity contribution in [3.05, 3.63) is 79.7 Å². The number of hydrogen-bond acceptors (Lipinski definition) is 6. The molecule has 1 saturated heterocycles. The summed E-state index contributed by atoms with van der Waals surface area (Å²) in [4.78, 5) is 25.9. The molecule has 2 N–H and O–H groups in total. The fourth-order valence-corrected chi connectivity index (χ4v) is 8.21. The Morgan fingerprint density at radius 1 is 1.07 bits per heavy atom. The van der Waals surface area contributed by atoms with Gasteiger partial charge >= 0.3 is 0 Å². The van der Waals surface area contributed by atoms with E-state index in [0.717, 1.165) is 72.4 Å². The maximum atomic E-state index is 13.9. The molecule has 1 aromatic carbocycles. The average Bonchev–Trinajstić information content (AvgIpc) is 3.25. The van der Waals surface area contributed by atoms with Crippen LogP contribution in [-0.4, -0.2) is 52.4 Å². The van der Waals surface area contributed by atoms with Crippen molar-refractivity contribution in [2.75, 3.05) is 19.6 Å². The Bertz CT molecular complexity index is 1360. The lowest BCUT2D eigenvalue weighted by Gasteiger charge is -2.45. The molecular weight excluding hydrogens is 516 g/mol. The van der Waals surface area contributed by atoms with Gasteiger partial charge in [0.25, 0.3) is 5.91 Å². The van der Waals surface area contributed by atoms with Crippen molar-refractivity contribution in [3.8, 4) is 5.88 Å². The zero-order chi connectivity index (χ0) is 27.8. The van der Waals surface area contributed by atoms with E-state index < -0.39 is 0 Å². The predicted molar refractivity (Wildman–Crippen MR) is 161 cm³/mol. The number of aryl methyl sites for hydroxylation is 2. The molecule has 2 aliphatic heterocycles. The Labute approximate surface area is 242 Å². The molecule has 0 radical (unpaired) electrons. The molecule has 3 aromatic rings. The van der Waals surface area contributed by atoms with Crippen LogP contribution in [0.2, 0.25) is 0 Å². The van der Waals surface area contributed by atoms with Gasteiger partial charge in [-0.2, -0.15) is 0 Å². The second kappa shape index (κ2) is 11.6. The molecule has 6 nitrogen and oxygen atoms in total. The predicted octanol–water partition coefficient (Wildman–Crippen LogP) is 5.59. The quantitative estimate of drug-likeness (QED) is 0.390. The van der Waals surface area contributed by atoms with Crippen molar-refractivity contribution >= 4 is 17.2 Å². The first-order valence-electron chi connectivity index (χ1n) is 14.9. The van der Waals surface area contributed by atoms with E-state index in [1.807, 2.05) is 41.4 Å². The van der Waals surface area contributed by atoms with Crippen LogP contribution in [0.5, 0.6) is 5.88 Å². The summed E-state index contributed by atoms with van der Waals surface area (Å²) in [5.41, 5.74) is 12.3. The number of thiophene rings is 1. The van der Waals surface area contributed by atoms with Crippen LogP contribution in [0, 0.1) is 26.7 Å². The topological polar surface area (TPSA) is 71.7 Å². The van der Waals surface area contributed by atoms with Crippen molar-refractivity contribution < 1.29 is 9.53 Å². The van der Waals surface area contributed by atoms with Crippen molar-refractivity contribution in [3.63, 3.8) is 0 Å². The van der Waals surface area contributed by atoms with Gasteiger partial charge in [0.05, 0.1) is 12.1 Å². The molecule has 212 valence electrons. The van der Waals surface area contributed by atoms with Crippen LogP contribution in [0.4, 0.5) is 0 Å². The number of amides is 1. The summed E-state index contributed by atoms with van der Waals surface area (Å²) in [5.74, 6) is 1.52. The smallest absolute Gasteiger partial charge is 0.255 e. The summed E-state index contributed by atoms with van der Waals surface area (Å²) in [6, 6.07) is 13.4. The Morgan fingerprint density at radius 3 is 2.55 bits per heavy atom. The van der Waals surface area contributed by atoms with E-state index in [4.69, 9.17) is 15.5 Å². The van der Waals surface area contributed by atoms with Gasteiger partial charge in [0.15, 0.2) is 0 Å². The number of likely N-dealkylation sites (tertiary alicyclic amines) is 1. The molecule has 0 unspecified atom stereocenters. The molecule has 4 heterocycles. The Hall–Kier alpha value is -2.74. The maximum absolute atomic E-state index is 13.9. The van der Waals surface area contributed by atoms with Crippen LogP contribution in [0.1, 0.15) is 73.7 Å². The molecule has 0 bridgehead atoms. The molecule has 40 heavy (non-hydrogen) atoms. The number of pyridine rings is 1. The summed E-state index contributed by atoms with van der Waals surface area (Å²) in [6.45, 7) is 10.1. The van der Waals surface area contributed by atoms with Crippen LogP contribution in [0.3, 0.4) is 0 Å². The molecule has 0 atom stereocenters. The molecule has 3 aliphatic rings. The molecule has 1 amide bonds. The number of hydrogen-bond donors (Lipinski definition) is 1. The van der Waals surface area contributed by atoms with E-state index in [1.165, 1.54) is 41.0 Å². The number of benzene rings is 1. The van der Waals surface area contributed by atoms with Crippen LogP contribution in [0.25, 0.3) is 0 Å². The molecule has 0 spiro atoms. The Balaban J connectivity index is 1.13. The van der Waals surface area contributed by atoms with Crippen LogP contribution < -0.4 is 10.5 Å². The number of rotatable bonds is 8. The Morgan fingerprint density at radius 2 is 1.82 bits per heavy atom. The van der Waals surface area contributed by atoms with Gasteiger partial charge in [-0.15, -0.1) is 11.3 Å². The Kier molecular flexibility index (Phi) is 7.98. The summed E-state index contributed by atoms with van der Waals surface area (Å²) >= 11 is 1.89. The standard InChI is InChI=1S/C33H42N4O2S/c1-21-15-22(2)35-32(39-20-25-7-5-4-6-8-25)28(21)19-36-14-13-29-31(33(36)38)23(3)30(40-29)16-24-9-11-27(12-10-24)37-17-26(34)18-37/h4-8,15,24,26-27H,9-14,16-20,34H2,1-3H3. The van der Waals surface area contributed by atoms with Crippen molar-refractivity contribution in [1.82, 2.24) is 14.8 Å². The number of nitrogens with zero attached hydrogens (tertiary/aromatic N) is 3. The van der Waals surface area contributed by atoms with E-state index >= 15 is 0 Å². The maximum Gasteiger partial charge on any atom is 0.255 e. The molecule has 2 fully saturated rings. The lowest BCUT2D eigenvalue weighted by atomic mass is 9.81. The lowest BCUT2D eigenvalue weighted by molar-refractivity contribution is 0.0614. The summed E-state index contributed by atoms with van der Waals surface area (Å²) in [6.07, 6.45) is 7.17. The zero-order valence-electron chi connectivity index (χ0n) is 24.1. The van der Waals surface area contributed by atoms with Crippen molar-refractivity contribution in [1.29, 1.82) is 0 Å². The molecule has 1 aliphatic carbocycles. The number of ether oxygens (including phenoxy) is 1. The largest absolute Gasteiger partial charge is 0.473 e. The summed E-state index contributed by atoms with van der Waals surface area (Å²) in [7, 11) is 0. The first-order chi connectivity index (χ1) is 19.4. The van der Waals surface area contributed by atoms with E-state index in [1.54, 1.807) is 0 Å². The van der Waals surface area contributed by atoms with Gasteiger partial charge in [0, 0.05) is 59.2 Å². The minimum absolute atomic E-state index is 0.160. The van der Waals surface area contributed by atoms with Gasteiger partial charge < -0.3 is 15.4 Å². The fourth-order valence-electron chi connectivity index (χ4n) is 6.80. The highest BCUT2D eigenvalue weighted by Crippen LogP contribution is 2.38. The third-order valence-corrected chi connectivity index (χ3v) is 10.6. The monoisotopic (exact) mass is 558 g/mol. The minimum Gasteiger partial charge on any atom is -0.473 e. The second-order valence-corrected chi connectivity index (χ2v) is 13.3. The summed E-state index contributed by atoms with van der Waals surface area (Å²) < 4.78 is 6.23. The second-order valence-electron chi connectivity index (χ2n) is 12.2. The number of nitrogens with two attached hydrogens (primary N) is 1. The van der Waals surface area contributed by atoms with Gasteiger partial charge in [-0.05, 0) is 81.5 Å². The lowest BCUT2D eigenvalue weighted by Crippen LogP contribution is -2.59. The van der Waals surface area contributed by atoms with Crippen molar-refractivity contribution in [2.45, 2.75) is 84.5 Å². The van der Waals surface area contributed by atoms with Gasteiger partial charge in [0.1, 0.15) is 6.61 Å². The molecule has 6 rings (SSSR count). The first-order valence-corrected chi connectivity index (χ1v) is 15.7. The molecular formula is C33H42N4O2S. The van der Waals surface area contributed by atoms with E-state index in [0.29, 0.717) is 25.1 Å². The third-order valence-electron chi connectivity index (χ3n) is 9.18. The first kappa shape index (κ1) is 27.4. The number of carbonyl (C=O) groups is 1. The van der Waals surface area contributed by atoms with Gasteiger partial charge in [0.2, 0.25) is 5.88 Å². The van der Waals surface area contributed by atoms with Gasteiger partial charge in [-0.1, -0.05) is 30.3 Å². The highest BCUT2D eigenvalue weighted by molar-refractivity contribution is 7.12. The zero-order valence-corrected chi connectivity index (χ0v) is 24.9. The van der Waals surface area contributed by atoms with E-state index in [-0.39, 0.29) is 5.91 Å². The average molecular weight is 559 g/mol.